The molecule has 0 aliphatic heterocycles. The van der Waals surface area contributed by atoms with Gasteiger partial charge in [0.2, 0.25) is 0 Å². The maximum Gasteiger partial charge on any atom is 0.409 e. The molecule has 0 bridgehead atoms. The molecule has 0 radical (unpaired) electrons. The van der Waals surface area contributed by atoms with Crippen molar-refractivity contribution in [3.05, 3.63) is 0 Å². The number of hydrogen-bond acceptors (Lipinski definition) is 2. The van der Waals surface area contributed by atoms with Crippen molar-refractivity contribution in [2.75, 3.05) is 13.7 Å². The van der Waals surface area contributed by atoms with Gasteiger partial charge in [0.25, 0.3) is 0 Å². The van der Waals surface area contributed by atoms with Crippen LogP contribution in [0.15, 0.2) is 0 Å². The van der Waals surface area contributed by atoms with E-state index >= 15 is 0 Å². The van der Waals surface area contributed by atoms with Crippen molar-refractivity contribution >= 4 is 6.09 Å². The van der Waals surface area contributed by atoms with Crippen LogP contribution in [0.3, 0.4) is 0 Å². The third-order valence-corrected chi connectivity index (χ3v) is 3.41. The molecule has 0 N–H and O–H groups in total. The Kier molecular flexibility index (Phi) is 4.00. The van der Waals surface area contributed by atoms with Crippen molar-refractivity contribution in [1.29, 1.82) is 0 Å². The summed E-state index contributed by atoms with van der Waals surface area (Å²) < 4.78 is 5.00. The maximum absolute atomic E-state index is 11.5. The normalized spacial score (nSPS) is 21.1. The van der Waals surface area contributed by atoms with E-state index in [-0.39, 0.29) is 6.09 Å². The second kappa shape index (κ2) is 4.86. The van der Waals surface area contributed by atoms with Gasteiger partial charge in [0, 0.05) is 13.1 Å². The molecule has 3 nitrogen and oxygen atoms in total. The molecule has 1 aliphatic rings. The number of carbonyl (C=O) groups excluding carboxylic acids is 1. The van der Waals surface area contributed by atoms with Crippen molar-refractivity contribution in [3.63, 3.8) is 0 Å². The lowest BCUT2D eigenvalue weighted by Gasteiger charge is -2.38. The molecule has 1 amide bonds. The van der Waals surface area contributed by atoms with Crippen molar-refractivity contribution in [2.45, 2.75) is 52.5 Å². The summed E-state index contributed by atoms with van der Waals surface area (Å²) in [5, 5.41) is 0. The molecule has 15 heavy (non-hydrogen) atoms. The molecule has 0 saturated heterocycles. The van der Waals surface area contributed by atoms with E-state index in [0.29, 0.717) is 18.1 Å². The maximum atomic E-state index is 11.5. The smallest absolute Gasteiger partial charge is 0.409 e. The van der Waals surface area contributed by atoms with E-state index in [1.165, 1.54) is 12.8 Å². The van der Waals surface area contributed by atoms with Gasteiger partial charge >= 0.3 is 6.09 Å². The summed E-state index contributed by atoms with van der Waals surface area (Å²) in [5.74, 6) is 0. The number of carbonyl (C=O) groups is 1. The summed E-state index contributed by atoms with van der Waals surface area (Å²) in [7, 11) is 1.85. The lowest BCUT2D eigenvalue weighted by molar-refractivity contribution is 0.0791. The second-order valence-electron chi connectivity index (χ2n) is 5.21. The lowest BCUT2D eigenvalue weighted by Crippen LogP contribution is -2.41. The first-order valence-corrected chi connectivity index (χ1v) is 5.86. The molecule has 0 heterocycles. The van der Waals surface area contributed by atoms with Crippen LogP contribution in [0.2, 0.25) is 0 Å². The zero-order valence-corrected chi connectivity index (χ0v) is 10.4. The van der Waals surface area contributed by atoms with Gasteiger partial charge in [-0.15, -0.1) is 0 Å². The van der Waals surface area contributed by atoms with E-state index in [1.54, 1.807) is 4.90 Å². The zero-order valence-electron chi connectivity index (χ0n) is 10.4. The molecule has 0 atom stereocenters. The van der Waals surface area contributed by atoms with Gasteiger partial charge in [0.1, 0.15) is 0 Å². The van der Waals surface area contributed by atoms with E-state index in [4.69, 9.17) is 4.74 Å². The van der Waals surface area contributed by atoms with Crippen molar-refractivity contribution in [3.8, 4) is 0 Å². The Hall–Kier alpha value is -0.730. The number of ether oxygens (including phenoxy) is 1. The molecule has 1 fully saturated rings. The molecule has 0 spiro atoms. The Balaban J connectivity index is 2.42. The van der Waals surface area contributed by atoms with Crippen LogP contribution in [0.1, 0.15) is 46.5 Å². The average Bonchev–Trinajstić information content (AvgIpc) is 2.17. The lowest BCUT2D eigenvalue weighted by atomic mass is 9.75. The van der Waals surface area contributed by atoms with E-state index in [2.05, 4.69) is 13.8 Å². The van der Waals surface area contributed by atoms with Gasteiger partial charge < -0.3 is 9.64 Å². The van der Waals surface area contributed by atoms with Gasteiger partial charge in [-0.05, 0) is 38.0 Å². The van der Waals surface area contributed by atoms with Gasteiger partial charge in [-0.1, -0.05) is 13.8 Å². The second-order valence-corrected chi connectivity index (χ2v) is 5.21. The fraction of sp³-hybridized carbons (Fsp3) is 0.917. The quantitative estimate of drug-likeness (QED) is 0.705. The van der Waals surface area contributed by atoms with E-state index in [1.807, 2.05) is 14.0 Å². The number of nitrogens with zero attached hydrogens (tertiary/aromatic N) is 1. The monoisotopic (exact) mass is 213 g/mol. The zero-order chi connectivity index (χ0) is 11.5. The van der Waals surface area contributed by atoms with Crippen LogP contribution in [0, 0.1) is 5.41 Å². The third kappa shape index (κ3) is 3.40. The van der Waals surface area contributed by atoms with Gasteiger partial charge in [-0.3, -0.25) is 0 Å². The van der Waals surface area contributed by atoms with Crippen molar-refractivity contribution < 1.29 is 9.53 Å². The van der Waals surface area contributed by atoms with Gasteiger partial charge in [0.05, 0.1) is 6.61 Å². The highest BCUT2D eigenvalue weighted by Crippen LogP contribution is 2.36. The largest absolute Gasteiger partial charge is 0.450 e. The Bertz CT molecular complexity index is 216. The number of rotatable bonds is 2. The predicted octanol–water partition coefficient (Wildman–Crippen LogP) is 3.04. The third-order valence-electron chi connectivity index (χ3n) is 3.41. The van der Waals surface area contributed by atoms with Crippen LogP contribution in [0.5, 0.6) is 0 Å². The topological polar surface area (TPSA) is 29.5 Å². The van der Waals surface area contributed by atoms with Gasteiger partial charge in [0.15, 0.2) is 0 Å². The molecule has 1 rings (SSSR count). The minimum atomic E-state index is -0.179. The molecular formula is C12H23NO2. The molecule has 88 valence electrons. The van der Waals surface area contributed by atoms with Crippen LogP contribution >= 0.6 is 0 Å². The van der Waals surface area contributed by atoms with E-state index in [9.17, 15) is 4.79 Å². The molecule has 1 aliphatic carbocycles. The molecule has 0 aromatic heterocycles. The first-order valence-electron chi connectivity index (χ1n) is 5.86. The summed E-state index contributed by atoms with van der Waals surface area (Å²) in [5.41, 5.74) is 0.450. The van der Waals surface area contributed by atoms with Crippen LogP contribution in [-0.4, -0.2) is 30.7 Å². The summed E-state index contributed by atoms with van der Waals surface area (Å²) in [4.78, 5) is 13.3. The van der Waals surface area contributed by atoms with E-state index in [0.717, 1.165) is 12.8 Å². The summed E-state index contributed by atoms with van der Waals surface area (Å²) in [6, 6.07) is 0.372. The minimum Gasteiger partial charge on any atom is -0.450 e. The standard InChI is InChI=1S/C12H23NO2/c1-5-15-11(14)13(4)10-6-8-12(2,3)9-7-10/h10H,5-9H2,1-4H3. The van der Waals surface area contributed by atoms with Crippen LogP contribution in [-0.2, 0) is 4.74 Å². The Morgan fingerprint density at radius 3 is 2.40 bits per heavy atom. The van der Waals surface area contributed by atoms with Crippen molar-refractivity contribution in [2.24, 2.45) is 5.41 Å². The molecule has 1 saturated carbocycles. The molecule has 0 aromatic rings. The summed E-state index contributed by atoms with van der Waals surface area (Å²) >= 11 is 0. The summed E-state index contributed by atoms with van der Waals surface area (Å²) in [6.07, 6.45) is 4.41. The Morgan fingerprint density at radius 1 is 1.40 bits per heavy atom. The molecular weight excluding hydrogens is 190 g/mol. The molecule has 0 unspecified atom stereocenters. The van der Waals surface area contributed by atoms with Crippen molar-refractivity contribution in [1.82, 2.24) is 4.90 Å². The highest BCUT2D eigenvalue weighted by atomic mass is 16.6. The SMILES string of the molecule is CCOC(=O)N(C)C1CCC(C)(C)CC1. The van der Waals surface area contributed by atoms with Crippen LogP contribution in [0.4, 0.5) is 4.79 Å². The summed E-state index contributed by atoms with van der Waals surface area (Å²) in [6.45, 7) is 6.90. The first kappa shape index (κ1) is 12.3. The van der Waals surface area contributed by atoms with E-state index < -0.39 is 0 Å². The number of hydrogen-bond donors (Lipinski definition) is 0. The fourth-order valence-corrected chi connectivity index (χ4v) is 2.15. The minimum absolute atomic E-state index is 0.179. The van der Waals surface area contributed by atoms with Crippen LogP contribution < -0.4 is 0 Å². The molecule has 3 heteroatoms. The average molecular weight is 213 g/mol. The first-order chi connectivity index (χ1) is 6.96. The predicted molar refractivity (Wildman–Crippen MR) is 60.8 cm³/mol. The highest BCUT2D eigenvalue weighted by molar-refractivity contribution is 5.67. The fourth-order valence-electron chi connectivity index (χ4n) is 2.15. The Morgan fingerprint density at radius 2 is 1.93 bits per heavy atom. The van der Waals surface area contributed by atoms with Gasteiger partial charge in [-0.25, -0.2) is 4.79 Å². The number of amides is 1. The Labute approximate surface area is 92.8 Å². The molecule has 0 aromatic carbocycles. The van der Waals surface area contributed by atoms with Crippen LogP contribution in [0.25, 0.3) is 0 Å². The highest BCUT2D eigenvalue weighted by Gasteiger charge is 2.30. The van der Waals surface area contributed by atoms with Gasteiger partial charge in [-0.2, -0.15) is 0 Å².